The SMILES string of the molecule is CCOc1ccc(/C=C2\SC(=N)[C@H](c3nnc(CC)s3)C2=O)cc1OC. The molecule has 0 bridgehead atoms. The first-order chi connectivity index (χ1) is 12.6. The van der Waals surface area contributed by atoms with Crippen molar-refractivity contribution >= 4 is 40.0 Å². The standard InChI is InChI=1S/C18H19N3O3S2/c1-4-14-20-21-18(26-14)15-16(22)13(25-17(15)19)9-10-6-7-11(24-5-2)12(8-10)23-3/h6-9,15,19H,4-5H2,1-3H3/b13-9-,19-17?/t15-/m1/s1. The highest BCUT2D eigenvalue weighted by molar-refractivity contribution is 8.19. The fourth-order valence-electron chi connectivity index (χ4n) is 2.54. The molecular weight excluding hydrogens is 370 g/mol. The number of aryl methyl sites for hydroxylation is 1. The summed E-state index contributed by atoms with van der Waals surface area (Å²) in [4.78, 5) is 13.3. The summed E-state index contributed by atoms with van der Waals surface area (Å²) in [6.07, 6.45) is 2.55. The van der Waals surface area contributed by atoms with Gasteiger partial charge in [-0.2, -0.15) is 0 Å². The minimum Gasteiger partial charge on any atom is -0.493 e. The van der Waals surface area contributed by atoms with Crippen molar-refractivity contribution in [1.82, 2.24) is 10.2 Å². The molecule has 0 unspecified atom stereocenters. The van der Waals surface area contributed by atoms with E-state index in [9.17, 15) is 4.79 Å². The third kappa shape index (κ3) is 3.66. The van der Waals surface area contributed by atoms with Crippen LogP contribution in [-0.4, -0.2) is 34.7 Å². The van der Waals surface area contributed by atoms with E-state index in [1.165, 1.54) is 23.1 Å². The van der Waals surface area contributed by atoms with Gasteiger partial charge >= 0.3 is 0 Å². The molecule has 0 radical (unpaired) electrons. The molecule has 0 aliphatic carbocycles. The Morgan fingerprint density at radius 1 is 1.27 bits per heavy atom. The molecule has 0 spiro atoms. The van der Waals surface area contributed by atoms with E-state index in [-0.39, 0.29) is 10.8 Å². The van der Waals surface area contributed by atoms with Gasteiger partial charge in [-0.3, -0.25) is 10.2 Å². The van der Waals surface area contributed by atoms with Crippen LogP contribution in [0.4, 0.5) is 0 Å². The van der Waals surface area contributed by atoms with Crippen molar-refractivity contribution in [2.24, 2.45) is 0 Å². The summed E-state index contributed by atoms with van der Waals surface area (Å²) in [5.41, 5.74) is 0.820. The molecule has 3 rings (SSSR count). The van der Waals surface area contributed by atoms with Crippen LogP contribution in [0, 0.1) is 5.41 Å². The summed E-state index contributed by atoms with van der Waals surface area (Å²) >= 11 is 2.58. The van der Waals surface area contributed by atoms with E-state index < -0.39 is 5.92 Å². The van der Waals surface area contributed by atoms with Gasteiger partial charge in [0.2, 0.25) is 0 Å². The number of carbonyl (C=O) groups is 1. The first-order valence-electron chi connectivity index (χ1n) is 8.22. The van der Waals surface area contributed by atoms with Crippen LogP contribution in [0.15, 0.2) is 23.1 Å². The number of Topliss-reactive ketones (excluding diaryl/α,β-unsaturated/α-hetero) is 1. The van der Waals surface area contributed by atoms with Crippen LogP contribution in [0.3, 0.4) is 0 Å². The van der Waals surface area contributed by atoms with Crippen LogP contribution >= 0.6 is 23.1 Å². The number of ether oxygens (including phenoxy) is 2. The Labute approximate surface area is 160 Å². The average Bonchev–Trinajstić information content (AvgIpc) is 3.21. The maximum absolute atomic E-state index is 12.8. The number of nitrogens with one attached hydrogen (secondary N) is 1. The molecule has 1 N–H and O–H groups in total. The van der Waals surface area contributed by atoms with Gasteiger partial charge in [0.15, 0.2) is 17.3 Å². The maximum Gasteiger partial charge on any atom is 0.186 e. The fourth-order valence-corrected chi connectivity index (χ4v) is 4.49. The van der Waals surface area contributed by atoms with Gasteiger partial charge in [0.1, 0.15) is 15.9 Å². The molecule has 0 amide bonds. The predicted octanol–water partition coefficient (Wildman–Crippen LogP) is 3.93. The van der Waals surface area contributed by atoms with E-state index >= 15 is 0 Å². The van der Waals surface area contributed by atoms with Gasteiger partial charge in [-0.05, 0) is 37.1 Å². The normalized spacial score (nSPS) is 18.6. The summed E-state index contributed by atoms with van der Waals surface area (Å²) in [5.74, 6) is 0.536. The topological polar surface area (TPSA) is 85.2 Å². The fraction of sp³-hybridized carbons (Fsp3) is 0.333. The number of nitrogens with zero attached hydrogens (tertiary/aromatic N) is 2. The lowest BCUT2D eigenvalue weighted by Crippen LogP contribution is -2.11. The Balaban J connectivity index is 1.88. The zero-order valence-electron chi connectivity index (χ0n) is 14.7. The van der Waals surface area contributed by atoms with Gasteiger partial charge < -0.3 is 9.47 Å². The number of benzene rings is 1. The van der Waals surface area contributed by atoms with Gasteiger partial charge in [0, 0.05) is 0 Å². The lowest BCUT2D eigenvalue weighted by atomic mass is 10.1. The minimum atomic E-state index is -0.631. The Hall–Kier alpha value is -2.19. The second kappa shape index (κ2) is 8.01. The molecule has 8 heteroatoms. The van der Waals surface area contributed by atoms with Crippen molar-refractivity contribution in [3.63, 3.8) is 0 Å². The molecule has 6 nitrogen and oxygen atoms in total. The Morgan fingerprint density at radius 2 is 2.08 bits per heavy atom. The zero-order chi connectivity index (χ0) is 18.7. The molecule has 1 fully saturated rings. The monoisotopic (exact) mass is 389 g/mol. The first kappa shape index (κ1) is 18.6. The highest BCUT2D eigenvalue weighted by Gasteiger charge is 2.39. The van der Waals surface area contributed by atoms with Crippen LogP contribution in [0.5, 0.6) is 11.5 Å². The molecule has 136 valence electrons. The Morgan fingerprint density at radius 3 is 2.73 bits per heavy atom. The number of rotatable bonds is 6. The third-order valence-corrected chi connectivity index (χ3v) is 5.93. The molecule has 0 saturated carbocycles. The number of allylic oxidation sites excluding steroid dienone is 1. The summed E-state index contributed by atoms with van der Waals surface area (Å²) in [6.45, 7) is 4.45. The second-order valence-corrected chi connectivity index (χ2v) is 7.68. The van der Waals surface area contributed by atoms with Crippen LogP contribution in [0.2, 0.25) is 0 Å². The molecule has 2 aromatic rings. The number of ketones is 1. The number of aromatic nitrogens is 2. The van der Waals surface area contributed by atoms with Crippen LogP contribution in [0.1, 0.15) is 35.3 Å². The van der Waals surface area contributed by atoms with E-state index in [0.717, 1.165) is 17.0 Å². The van der Waals surface area contributed by atoms with Gasteiger partial charge in [0.25, 0.3) is 0 Å². The van der Waals surface area contributed by atoms with Crippen molar-refractivity contribution in [3.05, 3.63) is 38.7 Å². The Bertz CT molecular complexity index is 876. The number of hydrogen-bond acceptors (Lipinski definition) is 8. The van der Waals surface area contributed by atoms with Crippen molar-refractivity contribution < 1.29 is 14.3 Å². The molecular formula is C18H19N3O3S2. The van der Waals surface area contributed by atoms with E-state index in [4.69, 9.17) is 14.9 Å². The lowest BCUT2D eigenvalue weighted by Gasteiger charge is -2.09. The molecule has 1 aliphatic heterocycles. The Kier molecular flexibility index (Phi) is 5.73. The number of thioether (sulfide) groups is 1. The van der Waals surface area contributed by atoms with Crippen molar-refractivity contribution in [2.45, 2.75) is 26.2 Å². The molecule has 1 aliphatic rings. The van der Waals surface area contributed by atoms with E-state index in [2.05, 4.69) is 10.2 Å². The molecule has 1 aromatic carbocycles. The minimum absolute atomic E-state index is 0.105. The summed E-state index contributed by atoms with van der Waals surface area (Å²) in [5, 5.41) is 18.1. The van der Waals surface area contributed by atoms with Gasteiger partial charge in [0.05, 0.1) is 23.7 Å². The molecule has 1 atom stereocenters. The molecule has 26 heavy (non-hydrogen) atoms. The van der Waals surface area contributed by atoms with E-state index in [1.54, 1.807) is 13.2 Å². The number of carbonyl (C=O) groups excluding carboxylic acids is 1. The summed E-state index contributed by atoms with van der Waals surface area (Å²) in [7, 11) is 1.58. The van der Waals surface area contributed by atoms with Crippen LogP contribution < -0.4 is 9.47 Å². The zero-order valence-corrected chi connectivity index (χ0v) is 16.4. The lowest BCUT2D eigenvalue weighted by molar-refractivity contribution is -0.114. The van der Waals surface area contributed by atoms with Gasteiger partial charge in [-0.25, -0.2) is 0 Å². The summed E-state index contributed by atoms with van der Waals surface area (Å²) < 4.78 is 10.9. The van der Waals surface area contributed by atoms with Crippen LogP contribution in [0.25, 0.3) is 6.08 Å². The predicted molar refractivity (Wildman–Crippen MR) is 104 cm³/mol. The highest BCUT2D eigenvalue weighted by Crippen LogP contribution is 2.42. The summed E-state index contributed by atoms with van der Waals surface area (Å²) in [6, 6.07) is 5.51. The second-order valence-electron chi connectivity index (χ2n) is 5.50. The molecule has 1 aromatic heterocycles. The van der Waals surface area contributed by atoms with E-state index in [0.29, 0.717) is 28.0 Å². The first-order valence-corrected chi connectivity index (χ1v) is 9.86. The van der Waals surface area contributed by atoms with Gasteiger partial charge in [-0.1, -0.05) is 24.8 Å². The average molecular weight is 390 g/mol. The number of methoxy groups -OCH3 is 1. The van der Waals surface area contributed by atoms with Crippen molar-refractivity contribution in [2.75, 3.05) is 13.7 Å². The van der Waals surface area contributed by atoms with Crippen LogP contribution in [-0.2, 0) is 11.2 Å². The third-order valence-electron chi connectivity index (χ3n) is 3.80. The van der Waals surface area contributed by atoms with E-state index in [1.807, 2.05) is 32.0 Å². The molecule has 2 heterocycles. The van der Waals surface area contributed by atoms with Crippen molar-refractivity contribution in [1.29, 1.82) is 5.41 Å². The maximum atomic E-state index is 12.8. The quantitative estimate of drug-likeness (QED) is 0.754. The smallest absolute Gasteiger partial charge is 0.186 e. The largest absolute Gasteiger partial charge is 0.493 e. The van der Waals surface area contributed by atoms with Gasteiger partial charge in [-0.15, -0.1) is 21.5 Å². The highest BCUT2D eigenvalue weighted by atomic mass is 32.2. The van der Waals surface area contributed by atoms with Crippen molar-refractivity contribution in [3.8, 4) is 11.5 Å². The molecule has 1 saturated heterocycles. The number of hydrogen-bond donors (Lipinski definition) is 1.